The van der Waals surface area contributed by atoms with Crippen LogP contribution in [0.25, 0.3) is 11.3 Å². The summed E-state index contributed by atoms with van der Waals surface area (Å²) >= 11 is 0. The molecule has 0 amide bonds. The number of carbonyl (C=O) groups excluding carboxylic acids is 1. The van der Waals surface area contributed by atoms with Gasteiger partial charge in [0.05, 0.1) is 7.11 Å². The zero-order valence-corrected chi connectivity index (χ0v) is 10.9. The van der Waals surface area contributed by atoms with Crippen molar-refractivity contribution in [2.24, 2.45) is 0 Å². The maximum atomic E-state index is 11.4. The number of carbonyl (C=O) groups is 1. The van der Waals surface area contributed by atoms with Crippen molar-refractivity contribution in [3.63, 3.8) is 0 Å². The molecule has 0 spiro atoms. The zero-order chi connectivity index (χ0) is 13.1. The first-order chi connectivity index (χ1) is 8.65. The van der Waals surface area contributed by atoms with E-state index in [1.54, 1.807) is 14.0 Å². The fraction of sp³-hybridized carbons (Fsp3) is 0.267. The molecule has 0 atom stereocenters. The van der Waals surface area contributed by atoms with E-state index in [2.05, 4.69) is 11.5 Å². The van der Waals surface area contributed by atoms with E-state index in [1.165, 1.54) is 0 Å². The molecule has 0 radical (unpaired) electrons. The van der Waals surface area contributed by atoms with Crippen LogP contribution in [0.4, 0.5) is 0 Å². The van der Waals surface area contributed by atoms with E-state index in [9.17, 15) is 4.79 Å². The lowest BCUT2D eigenvalue weighted by Gasteiger charge is -2.07. The fourth-order valence-electron chi connectivity index (χ4n) is 1.97. The van der Waals surface area contributed by atoms with E-state index in [1.807, 2.05) is 36.5 Å². The largest absolute Gasteiger partial charge is 0.497 e. The molecule has 2 aromatic rings. The van der Waals surface area contributed by atoms with Crippen LogP contribution in [0.2, 0.25) is 0 Å². The Kier molecular flexibility index (Phi) is 3.51. The first-order valence-corrected chi connectivity index (χ1v) is 6.01. The van der Waals surface area contributed by atoms with Crippen LogP contribution in [-0.4, -0.2) is 17.5 Å². The molecule has 0 unspecified atom stereocenters. The number of aryl methyl sites for hydroxylation is 1. The average Bonchev–Trinajstić information content (AvgIpc) is 2.83. The molecule has 0 aliphatic rings. The Balaban J connectivity index is 2.44. The number of ketones is 1. The first-order valence-electron chi connectivity index (χ1n) is 6.01. The van der Waals surface area contributed by atoms with Crippen LogP contribution in [0.1, 0.15) is 24.2 Å². The number of Topliss-reactive ketones (excluding diaryl/α,β-unsaturated/α-hetero) is 1. The molecule has 0 fully saturated rings. The molecule has 0 bridgehead atoms. The topological polar surface area (TPSA) is 31.2 Å². The van der Waals surface area contributed by atoms with Crippen LogP contribution < -0.4 is 4.74 Å². The maximum absolute atomic E-state index is 11.4. The van der Waals surface area contributed by atoms with Gasteiger partial charge in [0.2, 0.25) is 0 Å². The predicted octanol–water partition coefficient (Wildman–Crippen LogP) is 3.39. The Hall–Kier alpha value is -2.03. The average molecular weight is 243 g/mol. The normalized spacial score (nSPS) is 10.4. The highest BCUT2D eigenvalue weighted by molar-refractivity contribution is 5.95. The summed E-state index contributed by atoms with van der Waals surface area (Å²) in [4.78, 5) is 11.4. The molecule has 2 rings (SSSR count). The third kappa shape index (κ3) is 2.30. The van der Waals surface area contributed by atoms with Crippen molar-refractivity contribution >= 4 is 5.78 Å². The summed E-state index contributed by atoms with van der Waals surface area (Å²) in [5, 5.41) is 0. The van der Waals surface area contributed by atoms with Gasteiger partial charge >= 0.3 is 0 Å². The Morgan fingerprint density at radius 1 is 1.28 bits per heavy atom. The van der Waals surface area contributed by atoms with E-state index < -0.39 is 0 Å². The third-order valence-corrected chi connectivity index (χ3v) is 3.03. The molecule has 94 valence electrons. The molecule has 0 aliphatic carbocycles. The zero-order valence-electron chi connectivity index (χ0n) is 10.9. The molecule has 0 N–H and O–H groups in total. The third-order valence-electron chi connectivity index (χ3n) is 3.03. The smallest absolute Gasteiger partial charge is 0.161 e. The van der Waals surface area contributed by atoms with E-state index in [-0.39, 0.29) is 5.78 Å². The molecule has 0 saturated heterocycles. The van der Waals surface area contributed by atoms with Gasteiger partial charge in [-0.1, -0.05) is 0 Å². The SMILES string of the molecule is CCn1cc(C(C)=O)cc1-c1ccc(OC)cc1. The quantitative estimate of drug-likeness (QED) is 0.771. The Labute approximate surface area is 107 Å². The van der Waals surface area contributed by atoms with Crippen molar-refractivity contribution in [2.45, 2.75) is 20.4 Å². The van der Waals surface area contributed by atoms with Crippen LogP contribution >= 0.6 is 0 Å². The van der Waals surface area contributed by atoms with Crippen LogP contribution in [-0.2, 0) is 6.54 Å². The summed E-state index contributed by atoms with van der Waals surface area (Å²) < 4.78 is 7.23. The van der Waals surface area contributed by atoms with Gasteiger partial charge in [-0.3, -0.25) is 4.79 Å². The van der Waals surface area contributed by atoms with Crippen molar-refractivity contribution < 1.29 is 9.53 Å². The first kappa shape index (κ1) is 12.4. The van der Waals surface area contributed by atoms with Crippen molar-refractivity contribution in [1.82, 2.24) is 4.57 Å². The molecule has 1 aromatic carbocycles. The van der Waals surface area contributed by atoms with Gasteiger partial charge in [0.1, 0.15) is 5.75 Å². The van der Waals surface area contributed by atoms with Gasteiger partial charge in [-0.15, -0.1) is 0 Å². The lowest BCUT2D eigenvalue weighted by molar-refractivity contribution is 0.101. The second-order valence-corrected chi connectivity index (χ2v) is 4.18. The highest BCUT2D eigenvalue weighted by atomic mass is 16.5. The van der Waals surface area contributed by atoms with Crippen LogP contribution in [0.3, 0.4) is 0 Å². The molecule has 18 heavy (non-hydrogen) atoms. The van der Waals surface area contributed by atoms with E-state index in [4.69, 9.17) is 4.74 Å². The molecule has 1 heterocycles. The van der Waals surface area contributed by atoms with Crippen molar-refractivity contribution in [2.75, 3.05) is 7.11 Å². The lowest BCUT2D eigenvalue weighted by atomic mass is 10.1. The number of rotatable bonds is 4. The van der Waals surface area contributed by atoms with Gasteiger partial charge in [-0.2, -0.15) is 0 Å². The lowest BCUT2D eigenvalue weighted by Crippen LogP contribution is -1.95. The second kappa shape index (κ2) is 5.08. The molecule has 3 heteroatoms. The minimum absolute atomic E-state index is 0.0944. The number of hydrogen-bond acceptors (Lipinski definition) is 2. The summed E-state index contributed by atoms with van der Waals surface area (Å²) in [5.41, 5.74) is 2.90. The number of methoxy groups -OCH3 is 1. The summed E-state index contributed by atoms with van der Waals surface area (Å²) in [7, 11) is 1.65. The summed E-state index contributed by atoms with van der Waals surface area (Å²) in [5.74, 6) is 0.928. The maximum Gasteiger partial charge on any atom is 0.161 e. The van der Waals surface area contributed by atoms with E-state index in [0.29, 0.717) is 0 Å². The summed E-state index contributed by atoms with van der Waals surface area (Å²) in [6.07, 6.45) is 1.90. The number of ether oxygens (including phenoxy) is 1. The molecule has 0 aliphatic heterocycles. The van der Waals surface area contributed by atoms with E-state index >= 15 is 0 Å². The minimum atomic E-state index is 0.0944. The molecule has 1 aromatic heterocycles. The number of benzene rings is 1. The molecular formula is C15H17NO2. The Morgan fingerprint density at radius 2 is 1.94 bits per heavy atom. The van der Waals surface area contributed by atoms with Gasteiger partial charge < -0.3 is 9.30 Å². The standard InChI is InChI=1S/C15H17NO2/c1-4-16-10-13(11(2)17)9-15(16)12-5-7-14(18-3)8-6-12/h5-10H,4H2,1-3H3. The Morgan fingerprint density at radius 3 is 2.44 bits per heavy atom. The molecule has 3 nitrogen and oxygen atoms in total. The van der Waals surface area contributed by atoms with Gasteiger partial charge in [0.25, 0.3) is 0 Å². The van der Waals surface area contributed by atoms with Gasteiger partial charge in [0, 0.05) is 24.0 Å². The van der Waals surface area contributed by atoms with E-state index in [0.717, 1.165) is 29.1 Å². The van der Waals surface area contributed by atoms with Gasteiger partial charge in [0.15, 0.2) is 5.78 Å². The summed E-state index contributed by atoms with van der Waals surface area (Å²) in [6, 6.07) is 9.80. The minimum Gasteiger partial charge on any atom is -0.497 e. The number of hydrogen-bond donors (Lipinski definition) is 0. The van der Waals surface area contributed by atoms with Crippen molar-refractivity contribution in [3.05, 3.63) is 42.1 Å². The highest BCUT2D eigenvalue weighted by Crippen LogP contribution is 2.25. The number of nitrogens with zero attached hydrogens (tertiary/aromatic N) is 1. The summed E-state index contributed by atoms with van der Waals surface area (Å²) in [6.45, 7) is 4.50. The second-order valence-electron chi connectivity index (χ2n) is 4.18. The Bertz CT molecular complexity index is 552. The molecule has 0 saturated carbocycles. The monoisotopic (exact) mass is 243 g/mol. The van der Waals surface area contributed by atoms with Crippen LogP contribution in [0.5, 0.6) is 5.75 Å². The number of aromatic nitrogens is 1. The van der Waals surface area contributed by atoms with Crippen LogP contribution in [0, 0.1) is 0 Å². The predicted molar refractivity (Wildman–Crippen MR) is 72.1 cm³/mol. The molecular weight excluding hydrogens is 226 g/mol. The van der Waals surface area contributed by atoms with Crippen molar-refractivity contribution in [3.8, 4) is 17.0 Å². The van der Waals surface area contributed by atoms with Gasteiger partial charge in [-0.05, 0) is 49.7 Å². The van der Waals surface area contributed by atoms with Crippen molar-refractivity contribution in [1.29, 1.82) is 0 Å². The highest BCUT2D eigenvalue weighted by Gasteiger charge is 2.09. The fourth-order valence-corrected chi connectivity index (χ4v) is 1.97. The van der Waals surface area contributed by atoms with Gasteiger partial charge in [-0.25, -0.2) is 0 Å². The van der Waals surface area contributed by atoms with Crippen LogP contribution in [0.15, 0.2) is 36.5 Å².